The fourth-order valence-corrected chi connectivity index (χ4v) is 4.42. The van der Waals surface area contributed by atoms with Crippen molar-refractivity contribution in [2.75, 3.05) is 0 Å². The van der Waals surface area contributed by atoms with Crippen LogP contribution in [0.25, 0.3) is 0 Å². The highest BCUT2D eigenvalue weighted by atomic mass is 16.3. The van der Waals surface area contributed by atoms with E-state index in [9.17, 15) is 10.2 Å². The van der Waals surface area contributed by atoms with Crippen LogP contribution in [0.4, 0.5) is 0 Å². The van der Waals surface area contributed by atoms with E-state index < -0.39 is 5.60 Å². The molecule has 4 atom stereocenters. The zero-order chi connectivity index (χ0) is 16.4. The van der Waals surface area contributed by atoms with E-state index in [-0.39, 0.29) is 11.5 Å². The number of hydrogen-bond acceptors (Lipinski definition) is 2. The van der Waals surface area contributed by atoms with Gasteiger partial charge in [-0.15, -0.1) is 0 Å². The van der Waals surface area contributed by atoms with Crippen LogP contribution in [-0.4, -0.2) is 21.9 Å². The van der Waals surface area contributed by atoms with E-state index in [1.165, 1.54) is 12.0 Å². The molecule has 0 aromatic heterocycles. The van der Waals surface area contributed by atoms with Gasteiger partial charge in [-0.3, -0.25) is 0 Å². The molecule has 0 spiro atoms. The van der Waals surface area contributed by atoms with Crippen LogP contribution in [-0.2, 0) is 0 Å². The zero-order valence-corrected chi connectivity index (χ0v) is 14.7. The average molecular weight is 304 g/mol. The summed E-state index contributed by atoms with van der Waals surface area (Å²) in [4.78, 5) is 0. The predicted octanol–water partition coefficient (Wildman–Crippen LogP) is 4.06. The largest absolute Gasteiger partial charge is 0.393 e. The number of aliphatic hydroxyl groups excluding tert-OH is 1. The molecule has 0 aliphatic heterocycles. The lowest BCUT2D eigenvalue weighted by atomic mass is 9.63. The molecule has 0 bridgehead atoms. The molecule has 0 aromatic rings. The van der Waals surface area contributed by atoms with E-state index in [1.807, 2.05) is 13.8 Å². The van der Waals surface area contributed by atoms with Crippen LogP contribution in [0.15, 0.2) is 11.6 Å². The molecule has 0 aromatic carbocycles. The third kappa shape index (κ3) is 3.26. The molecule has 2 aliphatic carbocycles. The van der Waals surface area contributed by atoms with Gasteiger partial charge in [0.05, 0.1) is 6.10 Å². The first-order chi connectivity index (χ1) is 10.4. The summed E-state index contributed by atoms with van der Waals surface area (Å²) < 4.78 is 0. The van der Waals surface area contributed by atoms with Gasteiger partial charge < -0.3 is 10.2 Å². The second-order valence-corrected chi connectivity index (χ2v) is 7.52. The minimum Gasteiger partial charge on any atom is -0.393 e. The molecule has 0 heterocycles. The van der Waals surface area contributed by atoms with Gasteiger partial charge in [0.15, 0.2) is 0 Å². The van der Waals surface area contributed by atoms with E-state index in [4.69, 9.17) is 0 Å². The fraction of sp³-hybridized carbons (Fsp3) is 0.800. The Balaban J connectivity index is 2.05. The van der Waals surface area contributed by atoms with Crippen molar-refractivity contribution in [3.63, 3.8) is 0 Å². The molecule has 2 heteroatoms. The first-order valence-electron chi connectivity index (χ1n) is 8.97. The van der Waals surface area contributed by atoms with Crippen LogP contribution in [0.2, 0.25) is 0 Å². The van der Waals surface area contributed by atoms with Crippen molar-refractivity contribution in [3.05, 3.63) is 11.6 Å². The van der Waals surface area contributed by atoms with Gasteiger partial charge in [-0.25, -0.2) is 0 Å². The summed E-state index contributed by atoms with van der Waals surface area (Å²) in [6.07, 6.45) is 8.65. The van der Waals surface area contributed by atoms with Crippen LogP contribution in [0, 0.1) is 29.1 Å². The lowest BCUT2D eigenvalue weighted by Gasteiger charge is -2.43. The Bertz CT molecular complexity index is 478. The van der Waals surface area contributed by atoms with Crippen molar-refractivity contribution in [1.82, 2.24) is 0 Å². The highest BCUT2D eigenvalue weighted by molar-refractivity contribution is 5.27. The quantitative estimate of drug-likeness (QED) is 0.607. The molecule has 1 saturated carbocycles. The fourth-order valence-electron chi connectivity index (χ4n) is 4.42. The van der Waals surface area contributed by atoms with E-state index in [2.05, 4.69) is 31.8 Å². The molecule has 0 saturated heterocycles. The summed E-state index contributed by atoms with van der Waals surface area (Å²) in [6, 6.07) is 0. The van der Waals surface area contributed by atoms with Gasteiger partial charge >= 0.3 is 0 Å². The maximum Gasteiger partial charge on any atom is 0.125 e. The predicted molar refractivity (Wildman–Crippen MR) is 91.2 cm³/mol. The average Bonchev–Trinajstić information content (AvgIpc) is 2.85. The third-order valence-corrected chi connectivity index (χ3v) is 6.16. The number of allylic oxidation sites excluding steroid dienone is 2. The molecule has 124 valence electrons. The lowest BCUT2D eigenvalue weighted by molar-refractivity contribution is 0.00809. The second-order valence-electron chi connectivity index (χ2n) is 7.52. The van der Waals surface area contributed by atoms with Crippen LogP contribution in [0.3, 0.4) is 0 Å². The summed E-state index contributed by atoms with van der Waals surface area (Å²) in [5.41, 5.74) is 0.823. The standard InChI is InChI=1S/C20H32O2/c1-5-20(22,6-2)14-7-9-15(3)16-11-12-17-18(21)10-8-13-19(16,17)4/h11,15,17-18,21-22H,5-6,8-10,12-13H2,1-4H3. The molecule has 22 heavy (non-hydrogen) atoms. The van der Waals surface area contributed by atoms with E-state index in [1.54, 1.807) is 0 Å². The molecule has 1 fully saturated rings. The Morgan fingerprint density at radius 2 is 2.09 bits per heavy atom. The number of fused-ring (bicyclic) bond motifs is 1. The first kappa shape index (κ1) is 17.6. The van der Waals surface area contributed by atoms with Gasteiger partial charge in [-0.05, 0) is 55.8 Å². The van der Waals surface area contributed by atoms with Gasteiger partial charge in [-0.1, -0.05) is 51.2 Å². The highest BCUT2D eigenvalue weighted by Gasteiger charge is 2.47. The lowest BCUT2D eigenvalue weighted by Crippen LogP contribution is -2.39. The van der Waals surface area contributed by atoms with Gasteiger partial charge in [0.2, 0.25) is 0 Å². The minimum absolute atomic E-state index is 0.143. The highest BCUT2D eigenvalue weighted by Crippen LogP contribution is 2.54. The van der Waals surface area contributed by atoms with Gasteiger partial charge in [0.1, 0.15) is 5.60 Å². The Kier molecular flexibility index (Phi) is 5.41. The molecule has 0 radical (unpaired) electrons. The smallest absolute Gasteiger partial charge is 0.125 e. The normalized spacial score (nSPS) is 32.7. The maximum absolute atomic E-state index is 10.3. The Labute approximate surface area is 136 Å². The van der Waals surface area contributed by atoms with E-state index in [0.29, 0.717) is 24.7 Å². The molecule has 4 unspecified atom stereocenters. The van der Waals surface area contributed by atoms with Crippen molar-refractivity contribution in [1.29, 1.82) is 0 Å². The van der Waals surface area contributed by atoms with Gasteiger partial charge in [-0.2, -0.15) is 0 Å². The summed E-state index contributed by atoms with van der Waals surface area (Å²) in [5.74, 6) is 7.10. The molecular weight excluding hydrogens is 272 g/mol. The maximum atomic E-state index is 10.3. The van der Waals surface area contributed by atoms with Crippen molar-refractivity contribution in [2.24, 2.45) is 17.3 Å². The van der Waals surface area contributed by atoms with Crippen molar-refractivity contribution >= 4 is 0 Å². The second kappa shape index (κ2) is 6.77. The molecule has 2 nitrogen and oxygen atoms in total. The van der Waals surface area contributed by atoms with Gasteiger partial charge in [0.25, 0.3) is 0 Å². The SMILES string of the molecule is CCC(O)(C#CCC(C)C1=CCC2C(O)CCCC12C)CC. The molecule has 2 aliphatic rings. The number of rotatable bonds is 4. The summed E-state index contributed by atoms with van der Waals surface area (Å²) in [7, 11) is 0. The van der Waals surface area contributed by atoms with Gasteiger partial charge in [0, 0.05) is 6.42 Å². The third-order valence-electron chi connectivity index (χ3n) is 6.16. The molecule has 2 N–H and O–H groups in total. The summed E-state index contributed by atoms with van der Waals surface area (Å²) >= 11 is 0. The van der Waals surface area contributed by atoms with E-state index >= 15 is 0 Å². The minimum atomic E-state index is -0.822. The van der Waals surface area contributed by atoms with Crippen molar-refractivity contribution in [2.45, 2.75) is 84.3 Å². The van der Waals surface area contributed by atoms with Crippen LogP contribution in [0.5, 0.6) is 0 Å². The Morgan fingerprint density at radius 3 is 2.73 bits per heavy atom. The van der Waals surface area contributed by atoms with Crippen LogP contribution in [0.1, 0.15) is 72.6 Å². The molecule has 2 rings (SSSR count). The molecular formula is C20H32O2. The van der Waals surface area contributed by atoms with Crippen LogP contribution < -0.4 is 0 Å². The topological polar surface area (TPSA) is 40.5 Å². The number of hydrogen-bond donors (Lipinski definition) is 2. The summed E-state index contributed by atoms with van der Waals surface area (Å²) in [6.45, 7) is 8.54. The van der Waals surface area contributed by atoms with Crippen molar-refractivity contribution < 1.29 is 10.2 Å². The summed E-state index contributed by atoms with van der Waals surface area (Å²) in [5, 5.41) is 20.6. The first-order valence-corrected chi connectivity index (χ1v) is 8.97. The Hall–Kier alpha value is -0.780. The number of aliphatic hydroxyl groups is 2. The zero-order valence-electron chi connectivity index (χ0n) is 14.7. The Morgan fingerprint density at radius 1 is 1.41 bits per heavy atom. The van der Waals surface area contributed by atoms with Crippen LogP contribution >= 0.6 is 0 Å². The van der Waals surface area contributed by atoms with E-state index in [0.717, 1.165) is 25.7 Å². The van der Waals surface area contributed by atoms with Crippen molar-refractivity contribution in [3.8, 4) is 11.8 Å². The monoisotopic (exact) mass is 304 g/mol. The molecule has 0 amide bonds.